The van der Waals surface area contributed by atoms with Crippen LogP contribution in [0.4, 0.5) is 5.69 Å². The molecular formula is C8H9N5. The number of nitrogens with zero attached hydrogens (tertiary/aromatic N) is 3. The van der Waals surface area contributed by atoms with Crippen LogP contribution in [0.25, 0.3) is 11.4 Å². The molecule has 0 amide bonds. The molecule has 13 heavy (non-hydrogen) atoms. The zero-order valence-corrected chi connectivity index (χ0v) is 7.15. The second-order valence-electron chi connectivity index (χ2n) is 2.76. The highest BCUT2D eigenvalue weighted by molar-refractivity contribution is 5.68. The average molecular weight is 175 g/mol. The van der Waals surface area contributed by atoms with Gasteiger partial charge in [-0.15, -0.1) is 0 Å². The lowest BCUT2D eigenvalue weighted by Crippen LogP contribution is -1.94. The molecule has 66 valence electrons. The van der Waals surface area contributed by atoms with Crippen LogP contribution in [-0.4, -0.2) is 20.2 Å². The van der Waals surface area contributed by atoms with Gasteiger partial charge < -0.3 is 5.73 Å². The van der Waals surface area contributed by atoms with Gasteiger partial charge in [0.15, 0.2) is 0 Å². The molecule has 0 fully saturated rings. The predicted molar refractivity (Wildman–Crippen MR) is 48.8 cm³/mol. The van der Waals surface area contributed by atoms with E-state index in [1.165, 1.54) is 6.33 Å². The molecule has 0 aromatic carbocycles. The van der Waals surface area contributed by atoms with Crippen molar-refractivity contribution in [3.05, 3.63) is 24.3 Å². The topological polar surface area (TPSA) is 80.5 Å². The molecule has 2 rings (SSSR count). The van der Waals surface area contributed by atoms with Crippen molar-refractivity contribution in [2.24, 2.45) is 0 Å². The smallest absolute Gasteiger partial charge is 0.117 e. The molecule has 0 aliphatic heterocycles. The van der Waals surface area contributed by atoms with Crippen LogP contribution in [0.5, 0.6) is 0 Å². The van der Waals surface area contributed by atoms with E-state index in [-0.39, 0.29) is 0 Å². The Morgan fingerprint density at radius 1 is 1.46 bits per heavy atom. The maximum absolute atomic E-state index is 5.68. The minimum Gasteiger partial charge on any atom is -0.396 e. The lowest BCUT2D eigenvalue weighted by Gasteiger charge is -1.97. The van der Waals surface area contributed by atoms with Crippen LogP contribution in [0.1, 0.15) is 5.69 Å². The van der Waals surface area contributed by atoms with Crippen molar-refractivity contribution >= 4 is 5.69 Å². The van der Waals surface area contributed by atoms with Gasteiger partial charge in [0, 0.05) is 5.69 Å². The van der Waals surface area contributed by atoms with E-state index in [1.807, 2.05) is 13.0 Å². The van der Waals surface area contributed by atoms with E-state index >= 15 is 0 Å². The van der Waals surface area contributed by atoms with Crippen LogP contribution in [0.3, 0.4) is 0 Å². The van der Waals surface area contributed by atoms with Gasteiger partial charge in [0.2, 0.25) is 0 Å². The minimum atomic E-state index is 0.536. The summed E-state index contributed by atoms with van der Waals surface area (Å²) in [5, 5.41) is 6.88. The third kappa shape index (κ3) is 1.35. The van der Waals surface area contributed by atoms with Gasteiger partial charge >= 0.3 is 0 Å². The van der Waals surface area contributed by atoms with E-state index in [0.29, 0.717) is 11.4 Å². The Bertz CT molecular complexity index is 420. The fraction of sp³-hybridized carbons (Fsp3) is 0.125. The van der Waals surface area contributed by atoms with E-state index in [2.05, 4.69) is 20.2 Å². The van der Waals surface area contributed by atoms with E-state index in [4.69, 9.17) is 5.73 Å². The first-order valence-electron chi connectivity index (χ1n) is 3.85. The highest BCUT2D eigenvalue weighted by Gasteiger charge is 2.06. The van der Waals surface area contributed by atoms with Gasteiger partial charge in [-0.05, 0) is 13.0 Å². The Labute approximate surface area is 75.0 Å². The maximum Gasteiger partial charge on any atom is 0.117 e. The molecule has 5 heteroatoms. The molecule has 0 saturated heterocycles. The molecule has 2 aromatic rings. The lowest BCUT2D eigenvalue weighted by atomic mass is 10.2. The monoisotopic (exact) mass is 175 g/mol. The Balaban J connectivity index is 2.52. The third-order valence-electron chi connectivity index (χ3n) is 1.69. The number of aromatic nitrogens is 4. The average Bonchev–Trinajstić information content (AvgIpc) is 2.53. The third-order valence-corrected chi connectivity index (χ3v) is 1.69. The van der Waals surface area contributed by atoms with Crippen molar-refractivity contribution in [2.45, 2.75) is 6.92 Å². The summed E-state index contributed by atoms with van der Waals surface area (Å²) in [4.78, 5) is 7.85. The van der Waals surface area contributed by atoms with Crippen molar-refractivity contribution in [3.63, 3.8) is 0 Å². The van der Waals surface area contributed by atoms with Crippen molar-refractivity contribution in [2.75, 3.05) is 5.73 Å². The fourth-order valence-corrected chi connectivity index (χ4v) is 1.09. The van der Waals surface area contributed by atoms with E-state index in [0.717, 1.165) is 11.4 Å². The minimum absolute atomic E-state index is 0.536. The summed E-state index contributed by atoms with van der Waals surface area (Å²) in [6, 6.07) is 1.89. The first-order valence-corrected chi connectivity index (χ1v) is 3.85. The van der Waals surface area contributed by atoms with Crippen LogP contribution >= 0.6 is 0 Å². The zero-order valence-electron chi connectivity index (χ0n) is 7.15. The number of nitrogens with one attached hydrogen (secondary N) is 1. The molecule has 0 saturated carbocycles. The number of H-pyrrole nitrogens is 1. The molecule has 0 aliphatic carbocycles. The highest BCUT2D eigenvalue weighted by Crippen LogP contribution is 2.19. The van der Waals surface area contributed by atoms with Crippen LogP contribution in [0.15, 0.2) is 18.6 Å². The van der Waals surface area contributed by atoms with Crippen LogP contribution in [0.2, 0.25) is 0 Å². The van der Waals surface area contributed by atoms with E-state index in [9.17, 15) is 0 Å². The quantitative estimate of drug-likeness (QED) is 0.670. The first-order chi connectivity index (χ1) is 6.27. The van der Waals surface area contributed by atoms with Gasteiger partial charge in [0.1, 0.15) is 17.7 Å². The van der Waals surface area contributed by atoms with Crippen LogP contribution in [0, 0.1) is 6.92 Å². The van der Waals surface area contributed by atoms with Gasteiger partial charge in [-0.25, -0.2) is 9.97 Å². The van der Waals surface area contributed by atoms with Crippen LogP contribution < -0.4 is 5.73 Å². The van der Waals surface area contributed by atoms with Gasteiger partial charge in [0.05, 0.1) is 11.9 Å². The Kier molecular flexibility index (Phi) is 1.70. The number of nitrogen functional groups attached to an aromatic ring is 1. The van der Waals surface area contributed by atoms with Crippen molar-refractivity contribution in [3.8, 4) is 11.4 Å². The largest absolute Gasteiger partial charge is 0.396 e. The van der Waals surface area contributed by atoms with Gasteiger partial charge in [0.25, 0.3) is 0 Å². The van der Waals surface area contributed by atoms with E-state index < -0.39 is 0 Å². The van der Waals surface area contributed by atoms with Crippen molar-refractivity contribution in [1.29, 1.82) is 0 Å². The molecule has 5 nitrogen and oxygen atoms in total. The van der Waals surface area contributed by atoms with Crippen molar-refractivity contribution in [1.82, 2.24) is 20.2 Å². The molecular weight excluding hydrogens is 166 g/mol. The highest BCUT2D eigenvalue weighted by atomic mass is 15.1. The Morgan fingerprint density at radius 2 is 2.31 bits per heavy atom. The van der Waals surface area contributed by atoms with Crippen LogP contribution in [-0.2, 0) is 0 Å². The second-order valence-corrected chi connectivity index (χ2v) is 2.76. The number of hydrogen-bond acceptors (Lipinski definition) is 4. The SMILES string of the molecule is Cc1cc(-c2ncncc2N)n[nH]1. The molecule has 0 unspecified atom stereocenters. The molecule has 2 aromatic heterocycles. The van der Waals surface area contributed by atoms with E-state index in [1.54, 1.807) is 6.20 Å². The number of aromatic amines is 1. The Hall–Kier alpha value is -1.91. The lowest BCUT2D eigenvalue weighted by molar-refractivity contribution is 1.04. The van der Waals surface area contributed by atoms with Gasteiger partial charge in [-0.2, -0.15) is 5.10 Å². The summed E-state index contributed by atoms with van der Waals surface area (Å²) in [6.45, 7) is 1.92. The first kappa shape index (κ1) is 7.72. The molecule has 0 radical (unpaired) electrons. The molecule has 0 aliphatic rings. The number of rotatable bonds is 1. The zero-order chi connectivity index (χ0) is 9.26. The summed E-state index contributed by atoms with van der Waals surface area (Å²) in [6.07, 6.45) is 3.02. The molecule has 0 bridgehead atoms. The summed E-state index contributed by atoms with van der Waals surface area (Å²) < 4.78 is 0. The standard InChI is InChI=1S/C8H9N5/c1-5-2-7(13-12-5)8-6(9)3-10-4-11-8/h2-4H,9H2,1H3,(H,12,13). The molecule has 3 N–H and O–H groups in total. The number of aryl methyl sites for hydroxylation is 1. The number of hydrogen-bond donors (Lipinski definition) is 2. The molecule has 0 atom stereocenters. The summed E-state index contributed by atoms with van der Waals surface area (Å²) >= 11 is 0. The Morgan fingerprint density at radius 3 is 2.92 bits per heavy atom. The summed E-state index contributed by atoms with van der Waals surface area (Å²) in [7, 11) is 0. The molecule has 0 spiro atoms. The van der Waals surface area contributed by atoms with Crippen molar-refractivity contribution < 1.29 is 0 Å². The number of anilines is 1. The normalized spacial score (nSPS) is 10.2. The summed E-state index contributed by atoms with van der Waals surface area (Å²) in [5.41, 5.74) is 8.61. The maximum atomic E-state index is 5.68. The van der Waals surface area contributed by atoms with Gasteiger partial charge in [-0.3, -0.25) is 5.10 Å². The predicted octanol–water partition coefficient (Wildman–Crippen LogP) is 0.757. The second kappa shape index (κ2) is 2.85. The summed E-state index contributed by atoms with van der Waals surface area (Å²) in [5.74, 6) is 0. The number of nitrogens with two attached hydrogens (primary N) is 1. The molecule has 2 heterocycles. The fourth-order valence-electron chi connectivity index (χ4n) is 1.09. The van der Waals surface area contributed by atoms with Gasteiger partial charge in [-0.1, -0.05) is 0 Å².